The maximum Gasteiger partial charge on any atom is 0.339 e. The van der Waals surface area contributed by atoms with Crippen LogP contribution in [0, 0.1) is 13.8 Å². The molecular weight excluding hydrogens is 412 g/mol. The number of esters is 2. The van der Waals surface area contributed by atoms with Crippen molar-refractivity contribution in [3.63, 3.8) is 0 Å². The van der Waals surface area contributed by atoms with Crippen LogP contribution in [0.4, 0.5) is 0 Å². The van der Waals surface area contributed by atoms with Crippen molar-refractivity contribution < 1.29 is 33.3 Å². The Kier molecular flexibility index (Phi) is 6.58. The quantitative estimate of drug-likeness (QED) is 0.515. The van der Waals surface area contributed by atoms with E-state index in [4.69, 9.17) is 23.7 Å². The summed E-state index contributed by atoms with van der Waals surface area (Å²) in [6.07, 6.45) is 0. The Morgan fingerprint density at radius 3 is 1.97 bits per heavy atom. The van der Waals surface area contributed by atoms with Crippen molar-refractivity contribution in [2.75, 3.05) is 35.5 Å². The minimum atomic E-state index is -0.669. The summed E-state index contributed by atoms with van der Waals surface area (Å²) in [5.74, 6) is 0.290. The lowest BCUT2D eigenvalue weighted by atomic mass is 9.87. The number of methoxy groups -OCH3 is 5. The first-order valence-electron chi connectivity index (χ1n) is 9.86. The van der Waals surface area contributed by atoms with Gasteiger partial charge in [-0.1, -0.05) is 12.1 Å². The Balaban J connectivity index is 2.62. The molecule has 7 nitrogen and oxygen atoms in total. The minimum Gasteiger partial charge on any atom is -0.496 e. The highest BCUT2D eigenvalue weighted by atomic mass is 16.5. The highest BCUT2D eigenvalue weighted by Gasteiger charge is 2.28. The molecule has 0 saturated carbocycles. The predicted molar refractivity (Wildman–Crippen MR) is 121 cm³/mol. The van der Waals surface area contributed by atoms with Crippen LogP contribution >= 0.6 is 0 Å². The first kappa shape index (κ1) is 22.9. The van der Waals surface area contributed by atoms with Crippen LogP contribution in [0.15, 0.2) is 30.3 Å². The molecule has 0 radical (unpaired) electrons. The van der Waals surface area contributed by atoms with E-state index in [-0.39, 0.29) is 11.1 Å². The zero-order valence-electron chi connectivity index (χ0n) is 19.2. The highest BCUT2D eigenvalue weighted by Crippen LogP contribution is 2.44. The number of carbonyl (C=O) groups is 2. The number of rotatable bonds is 6. The maximum atomic E-state index is 13.0. The second kappa shape index (κ2) is 9.18. The van der Waals surface area contributed by atoms with Gasteiger partial charge in [-0.2, -0.15) is 0 Å². The fraction of sp³-hybridized carbons (Fsp3) is 0.280. The van der Waals surface area contributed by atoms with E-state index < -0.39 is 11.9 Å². The first-order chi connectivity index (χ1) is 15.3. The van der Waals surface area contributed by atoms with Crippen molar-refractivity contribution in [1.82, 2.24) is 0 Å². The van der Waals surface area contributed by atoms with E-state index in [2.05, 4.69) is 0 Å². The lowest BCUT2D eigenvalue weighted by Gasteiger charge is -2.20. The molecule has 0 aliphatic rings. The van der Waals surface area contributed by atoms with Gasteiger partial charge in [0.25, 0.3) is 0 Å². The molecule has 168 valence electrons. The number of aryl methyl sites for hydroxylation is 1. The Labute approximate surface area is 186 Å². The van der Waals surface area contributed by atoms with Crippen molar-refractivity contribution in [3.05, 3.63) is 52.6 Å². The number of hydrogen-bond acceptors (Lipinski definition) is 7. The second-order valence-corrected chi connectivity index (χ2v) is 7.18. The summed E-state index contributed by atoms with van der Waals surface area (Å²) in [7, 11) is 7.18. The van der Waals surface area contributed by atoms with Gasteiger partial charge < -0.3 is 23.7 Å². The third kappa shape index (κ3) is 3.70. The molecule has 0 unspecified atom stereocenters. The number of carbonyl (C=O) groups excluding carboxylic acids is 2. The Bertz CT molecular complexity index is 1210. The lowest BCUT2D eigenvalue weighted by molar-refractivity contribution is 0.0556. The van der Waals surface area contributed by atoms with Gasteiger partial charge in [0.05, 0.1) is 46.7 Å². The van der Waals surface area contributed by atoms with Crippen molar-refractivity contribution in [3.8, 4) is 28.4 Å². The third-order valence-corrected chi connectivity index (χ3v) is 5.56. The van der Waals surface area contributed by atoms with Gasteiger partial charge in [0.15, 0.2) is 11.5 Å². The maximum absolute atomic E-state index is 13.0. The smallest absolute Gasteiger partial charge is 0.339 e. The van der Waals surface area contributed by atoms with Crippen molar-refractivity contribution in [2.45, 2.75) is 13.8 Å². The summed E-state index contributed by atoms with van der Waals surface area (Å²) in [6, 6.07) is 8.85. The average molecular weight is 438 g/mol. The Morgan fingerprint density at radius 2 is 1.41 bits per heavy atom. The molecule has 0 aliphatic carbocycles. The average Bonchev–Trinajstić information content (AvgIpc) is 2.82. The van der Waals surface area contributed by atoms with Crippen LogP contribution < -0.4 is 14.2 Å². The fourth-order valence-electron chi connectivity index (χ4n) is 3.89. The molecule has 0 aliphatic heterocycles. The second-order valence-electron chi connectivity index (χ2n) is 7.18. The molecule has 0 fully saturated rings. The van der Waals surface area contributed by atoms with E-state index in [1.54, 1.807) is 38.5 Å². The van der Waals surface area contributed by atoms with Crippen LogP contribution in [0.1, 0.15) is 31.8 Å². The van der Waals surface area contributed by atoms with Crippen LogP contribution in [0.25, 0.3) is 21.9 Å². The number of ether oxygens (including phenoxy) is 5. The topological polar surface area (TPSA) is 80.3 Å². The number of fused-ring (bicyclic) bond motifs is 1. The van der Waals surface area contributed by atoms with E-state index >= 15 is 0 Å². The van der Waals surface area contributed by atoms with E-state index in [0.717, 1.165) is 16.5 Å². The molecule has 0 N–H and O–H groups in total. The molecule has 0 heterocycles. The molecule has 0 aromatic heterocycles. The molecule has 0 saturated heterocycles. The fourth-order valence-corrected chi connectivity index (χ4v) is 3.89. The molecule has 0 atom stereocenters. The van der Waals surface area contributed by atoms with Gasteiger partial charge in [-0.25, -0.2) is 9.59 Å². The van der Waals surface area contributed by atoms with Crippen LogP contribution in [-0.2, 0) is 9.47 Å². The standard InChI is InChI=1S/C25H26O7/c1-13-10-16-11-17(24(26)31-6)22(25(27)32-7)20(21(16)23(30-5)14(13)2)15-8-9-18(28-3)19(12-15)29-4/h8-12H,1-7H3. The summed E-state index contributed by atoms with van der Waals surface area (Å²) < 4.78 is 26.7. The largest absolute Gasteiger partial charge is 0.496 e. The van der Waals surface area contributed by atoms with E-state index in [0.29, 0.717) is 33.8 Å². The van der Waals surface area contributed by atoms with E-state index in [1.807, 2.05) is 19.9 Å². The van der Waals surface area contributed by atoms with Crippen LogP contribution in [-0.4, -0.2) is 47.5 Å². The predicted octanol–water partition coefficient (Wildman–Crippen LogP) is 4.72. The van der Waals surface area contributed by atoms with E-state index in [1.165, 1.54) is 21.3 Å². The molecule has 3 aromatic rings. The SMILES string of the molecule is COC(=O)c1cc2cc(C)c(C)c(OC)c2c(-c2ccc(OC)c(OC)c2)c1C(=O)OC. The molecule has 3 aromatic carbocycles. The van der Waals surface area contributed by atoms with Gasteiger partial charge in [0.2, 0.25) is 0 Å². The highest BCUT2D eigenvalue weighted by molar-refractivity contribution is 6.17. The van der Waals surface area contributed by atoms with Crippen molar-refractivity contribution >= 4 is 22.7 Å². The lowest BCUT2D eigenvalue weighted by Crippen LogP contribution is -2.14. The van der Waals surface area contributed by atoms with Crippen LogP contribution in [0.3, 0.4) is 0 Å². The molecule has 7 heteroatoms. The van der Waals surface area contributed by atoms with Gasteiger partial charge in [-0.3, -0.25) is 0 Å². The first-order valence-corrected chi connectivity index (χ1v) is 9.86. The molecule has 32 heavy (non-hydrogen) atoms. The summed E-state index contributed by atoms with van der Waals surface area (Å²) >= 11 is 0. The number of hydrogen-bond donors (Lipinski definition) is 0. The summed E-state index contributed by atoms with van der Waals surface area (Å²) in [5.41, 5.74) is 3.19. The summed E-state index contributed by atoms with van der Waals surface area (Å²) in [4.78, 5) is 25.7. The summed E-state index contributed by atoms with van der Waals surface area (Å²) in [6.45, 7) is 3.90. The van der Waals surface area contributed by atoms with Crippen molar-refractivity contribution in [1.29, 1.82) is 0 Å². The normalized spacial score (nSPS) is 10.6. The monoisotopic (exact) mass is 438 g/mol. The molecule has 3 rings (SSSR count). The van der Waals surface area contributed by atoms with Crippen molar-refractivity contribution in [2.24, 2.45) is 0 Å². The van der Waals surface area contributed by atoms with Crippen LogP contribution in [0.5, 0.6) is 17.2 Å². The van der Waals surface area contributed by atoms with Crippen LogP contribution in [0.2, 0.25) is 0 Å². The van der Waals surface area contributed by atoms with Gasteiger partial charge in [-0.05, 0) is 54.1 Å². The van der Waals surface area contributed by atoms with E-state index in [9.17, 15) is 9.59 Å². The molecular formula is C25H26O7. The molecule has 0 bridgehead atoms. The summed E-state index contributed by atoms with van der Waals surface area (Å²) in [5, 5.41) is 1.40. The molecule has 0 amide bonds. The van der Waals surface area contributed by atoms with Gasteiger partial charge in [0.1, 0.15) is 5.75 Å². The zero-order valence-corrected chi connectivity index (χ0v) is 19.2. The minimum absolute atomic E-state index is 0.0839. The molecule has 0 spiro atoms. The zero-order chi connectivity index (χ0) is 23.6. The van der Waals surface area contributed by atoms with Gasteiger partial charge in [-0.15, -0.1) is 0 Å². The Hall–Kier alpha value is -3.74. The number of benzene rings is 3. The van der Waals surface area contributed by atoms with Gasteiger partial charge in [0, 0.05) is 10.9 Å². The van der Waals surface area contributed by atoms with Gasteiger partial charge >= 0.3 is 11.9 Å². The third-order valence-electron chi connectivity index (χ3n) is 5.56. The Morgan fingerprint density at radius 1 is 0.750 bits per heavy atom.